The molecule has 0 aliphatic heterocycles. The lowest BCUT2D eigenvalue weighted by atomic mass is 9.80. The molecule has 0 radical (unpaired) electrons. The van der Waals surface area contributed by atoms with Gasteiger partial charge in [0.25, 0.3) is 0 Å². The van der Waals surface area contributed by atoms with Gasteiger partial charge in [0, 0.05) is 12.6 Å². The van der Waals surface area contributed by atoms with Crippen molar-refractivity contribution in [1.29, 1.82) is 0 Å². The second-order valence-corrected chi connectivity index (χ2v) is 4.37. The lowest BCUT2D eigenvalue weighted by Gasteiger charge is -2.37. The highest BCUT2D eigenvalue weighted by Gasteiger charge is 2.34. The number of aliphatic hydroxyl groups is 1. The summed E-state index contributed by atoms with van der Waals surface area (Å²) < 4.78 is 4.84. The minimum atomic E-state index is -0.525. The van der Waals surface area contributed by atoms with Gasteiger partial charge in [-0.3, -0.25) is 4.79 Å². The SMILES string of the molecule is CCOC(=O)CC(C)NCC1(O)CCC1. The van der Waals surface area contributed by atoms with Gasteiger partial charge in [-0.15, -0.1) is 0 Å². The van der Waals surface area contributed by atoms with Crippen LogP contribution in [0, 0.1) is 0 Å². The van der Waals surface area contributed by atoms with E-state index < -0.39 is 5.60 Å². The summed E-state index contributed by atoms with van der Waals surface area (Å²) in [5.74, 6) is -0.182. The second-order valence-electron chi connectivity index (χ2n) is 4.37. The molecular weight excluding hydrogens is 194 g/mol. The van der Waals surface area contributed by atoms with Crippen molar-refractivity contribution in [3.63, 3.8) is 0 Å². The number of ether oxygens (including phenoxy) is 1. The van der Waals surface area contributed by atoms with E-state index in [0.29, 0.717) is 19.6 Å². The quantitative estimate of drug-likeness (QED) is 0.644. The van der Waals surface area contributed by atoms with Crippen LogP contribution in [0.1, 0.15) is 39.5 Å². The Hall–Kier alpha value is -0.610. The molecule has 15 heavy (non-hydrogen) atoms. The fourth-order valence-corrected chi connectivity index (χ4v) is 1.67. The molecule has 4 nitrogen and oxygen atoms in total. The first-order chi connectivity index (χ1) is 7.06. The lowest BCUT2D eigenvalue weighted by molar-refractivity contribution is -0.143. The summed E-state index contributed by atoms with van der Waals surface area (Å²) in [5, 5.41) is 13.0. The summed E-state index contributed by atoms with van der Waals surface area (Å²) in [4.78, 5) is 11.1. The third-order valence-corrected chi connectivity index (χ3v) is 2.84. The largest absolute Gasteiger partial charge is 0.466 e. The molecule has 0 amide bonds. The van der Waals surface area contributed by atoms with Gasteiger partial charge >= 0.3 is 5.97 Å². The number of hydrogen-bond acceptors (Lipinski definition) is 4. The molecule has 1 atom stereocenters. The van der Waals surface area contributed by atoms with Crippen LogP contribution < -0.4 is 5.32 Å². The molecule has 0 saturated heterocycles. The highest BCUT2D eigenvalue weighted by atomic mass is 16.5. The highest BCUT2D eigenvalue weighted by Crippen LogP contribution is 2.30. The minimum absolute atomic E-state index is 0.0636. The standard InChI is InChI=1S/C11H21NO3/c1-3-15-10(13)7-9(2)12-8-11(14)5-4-6-11/h9,12,14H,3-8H2,1-2H3. The maximum atomic E-state index is 11.1. The van der Waals surface area contributed by atoms with Gasteiger partial charge in [0.05, 0.1) is 18.6 Å². The van der Waals surface area contributed by atoms with Gasteiger partial charge in [-0.25, -0.2) is 0 Å². The lowest BCUT2D eigenvalue weighted by Crippen LogP contribution is -2.48. The van der Waals surface area contributed by atoms with Crippen LogP contribution in [0.3, 0.4) is 0 Å². The Balaban J connectivity index is 2.12. The minimum Gasteiger partial charge on any atom is -0.466 e. The Morgan fingerprint density at radius 1 is 1.60 bits per heavy atom. The van der Waals surface area contributed by atoms with Crippen molar-refractivity contribution in [2.24, 2.45) is 0 Å². The van der Waals surface area contributed by atoms with Crippen molar-refractivity contribution < 1.29 is 14.6 Å². The first-order valence-corrected chi connectivity index (χ1v) is 5.67. The molecule has 1 unspecified atom stereocenters. The first kappa shape index (κ1) is 12.5. The van der Waals surface area contributed by atoms with Crippen LogP contribution in [0.4, 0.5) is 0 Å². The normalized spacial score (nSPS) is 20.5. The van der Waals surface area contributed by atoms with Crippen LogP contribution in [-0.4, -0.2) is 35.9 Å². The number of carbonyl (C=O) groups is 1. The van der Waals surface area contributed by atoms with Gasteiger partial charge in [-0.05, 0) is 33.1 Å². The molecule has 0 aromatic heterocycles. The van der Waals surface area contributed by atoms with E-state index in [-0.39, 0.29) is 12.0 Å². The average molecular weight is 215 g/mol. The molecule has 0 spiro atoms. The maximum Gasteiger partial charge on any atom is 0.307 e. The van der Waals surface area contributed by atoms with Gasteiger partial charge in [-0.1, -0.05) is 0 Å². The first-order valence-electron chi connectivity index (χ1n) is 5.67. The zero-order valence-corrected chi connectivity index (χ0v) is 9.58. The summed E-state index contributed by atoms with van der Waals surface area (Å²) >= 11 is 0. The Morgan fingerprint density at radius 2 is 2.27 bits per heavy atom. The predicted octanol–water partition coefficient (Wildman–Crippen LogP) is 0.833. The molecule has 1 saturated carbocycles. The van der Waals surface area contributed by atoms with Crippen LogP contribution in [0.15, 0.2) is 0 Å². The van der Waals surface area contributed by atoms with Crippen LogP contribution >= 0.6 is 0 Å². The fourth-order valence-electron chi connectivity index (χ4n) is 1.67. The van der Waals surface area contributed by atoms with Crippen LogP contribution in [-0.2, 0) is 9.53 Å². The van der Waals surface area contributed by atoms with Crippen molar-refractivity contribution in [2.45, 2.75) is 51.2 Å². The molecular formula is C11H21NO3. The topological polar surface area (TPSA) is 58.6 Å². The molecule has 4 heteroatoms. The van der Waals surface area contributed by atoms with Gasteiger partial charge in [0.2, 0.25) is 0 Å². The molecule has 1 fully saturated rings. The number of hydrogen-bond donors (Lipinski definition) is 2. The van der Waals surface area contributed by atoms with Crippen LogP contribution in [0.25, 0.3) is 0 Å². The van der Waals surface area contributed by atoms with Crippen molar-refractivity contribution in [2.75, 3.05) is 13.2 Å². The monoisotopic (exact) mass is 215 g/mol. The van der Waals surface area contributed by atoms with Crippen LogP contribution in [0.5, 0.6) is 0 Å². The van der Waals surface area contributed by atoms with E-state index in [0.717, 1.165) is 19.3 Å². The van der Waals surface area contributed by atoms with Gasteiger partial charge in [0.15, 0.2) is 0 Å². The Bertz CT molecular complexity index is 214. The van der Waals surface area contributed by atoms with Crippen molar-refractivity contribution >= 4 is 5.97 Å². The molecule has 1 aliphatic carbocycles. The number of nitrogens with one attached hydrogen (secondary N) is 1. The third-order valence-electron chi connectivity index (χ3n) is 2.84. The zero-order chi connectivity index (χ0) is 11.3. The van der Waals surface area contributed by atoms with Gasteiger partial charge in [-0.2, -0.15) is 0 Å². The summed E-state index contributed by atoms with van der Waals surface area (Å²) in [6.07, 6.45) is 3.20. The zero-order valence-electron chi connectivity index (χ0n) is 9.58. The molecule has 0 bridgehead atoms. The van der Waals surface area contributed by atoms with E-state index in [4.69, 9.17) is 4.74 Å². The Labute approximate surface area is 91.0 Å². The number of esters is 1. The van der Waals surface area contributed by atoms with E-state index >= 15 is 0 Å². The molecule has 0 aromatic carbocycles. The molecule has 88 valence electrons. The third kappa shape index (κ3) is 4.18. The summed E-state index contributed by atoms with van der Waals surface area (Å²) in [7, 11) is 0. The molecule has 1 aliphatic rings. The number of rotatable bonds is 6. The van der Waals surface area contributed by atoms with Crippen LogP contribution in [0.2, 0.25) is 0 Å². The summed E-state index contributed by atoms with van der Waals surface area (Å²) in [6, 6.07) is 0.0636. The molecule has 2 N–H and O–H groups in total. The Kier molecular flexibility index (Phi) is 4.54. The van der Waals surface area contributed by atoms with Crippen molar-refractivity contribution in [3.05, 3.63) is 0 Å². The van der Waals surface area contributed by atoms with E-state index in [1.54, 1.807) is 6.92 Å². The Morgan fingerprint density at radius 3 is 2.73 bits per heavy atom. The van der Waals surface area contributed by atoms with E-state index in [1.165, 1.54) is 0 Å². The molecule has 0 aromatic rings. The van der Waals surface area contributed by atoms with Crippen molar-refractivity contribution in [1.82, 2.24) is 5.32 Å². The average Bonchev–Trinajstić information content (AvgIpc) is 2.12. The molecule has 1 rings (SSSR count). The number of carbonyl (C=O) groups excluding carboxylic acids is 1. The highest BCUT2D eigenvalue weighted by molar-refractivity contribution is 5.69. The maximum absolute atomic E-state index is 11.1. The molecule has 0 heterocycles. The van der Waals surface area contributed by atoms with E-state index in [9.17, 15) is 9.90 Å². The van der Waals surface area contributed by atoms with Crippen molar-refractivity contribution in [3.8, 4) is 0 Å². The fraction of sp³-hybridized carbons (Fsp3) is 0.909. The van der Waals surface area contributed by atoms with E-state index in [2.05, 4.69) is 5.32 Å². The summed E-state index contributed by atoms with van der Waals surface area (Å²) in [6.45, 7) is 4.73. The smallest absolute Gasteiger partial charge is 0.307 e. The predicted molar refractivity (Wildman–Crippen MR) is 57.5 cm³/mol. The summed E-state index contributed by atoms with van der Waals surface area (Å²) in [5.41, 5.74) is -0.525. The van der Waals surface area contributed by atoms with Gasteiger partial charge in [0.1, 0.15) is 0 Å². The van der Waals surface area contributed by atoms with E-state index in [1.807, 2.05) is 6.92 Å². The second kappa shape index (κ2) is 5.47. The van der Waals surface area contributed by atoms with Gasteiger partial charge < -0.3 is 15.2 Å².